The fourth-order valence-electron chi connectivity index (χ4n) is 2.09. The molecule has 0 atom stereocenters. The van der Waals surface area contributed by atoms with Gasteiger partial charge in [-0.1, -0.05) is 24.3 Å². The number of hydrogen-bond donors (Lipinski definition) is 4. The lowest BCUT2D eigenvalue weighted by Crippen LogP contribution is -2.02. The van der Waals surface area contributed by atoms with Crippen molar-refractivity contribution in [1.82, 2.24) is 20.2 Å². The van der Waals surface area contributed by atoms with E-state index in [-0.39, 0.29) is 0 Å². The topological polar surface area (TPSA) is 144 Å². The number of anilines is 1. The summed E-state index contributed by atoms with van der Waals surface area (Å²) in [5.41, 5.74) is 15.1. The third-order valence-corrected chi connectivity index (χ3v) is 3.06. The quantitative estimate of drug-likeness (QED) is 0.568. The molecule has 6 N–H and O–H groups in total. The van der Waals surface area contributed by atoms with E-state index in [4.69, 9.17) is 21.4 Å². The van der Waals surface area contributed by atoms with Crippen LogP contribution in [0, 0.1) is 0 Å². The summed E-state index contributed by atoms with van der Waals surface area (Å²) in [5.74, 6) is -0.403. The highest BCUT2D eigenvalue weighted by atomic mass is 16.4. The number of benzene rings is 1. The number of hydrogen-bond acceptors (Lipinski definition) is 6. The van der Waals surface area contributed by atoms with Crippen LogP contribution in [0.15, 0.2) is 30.6 Å². The lowest BCUT2D eigenvalue weighted by molar-refractivity contribution is -0.134. The van der Waals surface area contributed by atoms with Crippen LogP contribution in [0.3, 0.4) is 0 Å². The van der Waals surface area contributed by atoms with Gasteiger partial charge in [0.1, 0.15) is 12.1 Å². The third-order valence-electron chi connectivity index (χ3n) is 3.06. The summed E-state index contributed by atoms with van der Waals surface area (Å²) in [6, 6.07) is 8.14. The van der Waals surface area contributed by atoms with E-state index in [9.17, 15) is 0 Å². The predicted molar refractivity (Wildman–Crippen MR) is 87.6 cm³/mol. The molecule has 0 fully saturated rings. The molecule has 2 heterocycles. The van der Waals surface area contributed by atoms with Crippen LogP contribution in [0.2, 0.25) is 0 Å². The van der Waals surface area contributed by atoms with Crippen molar-refractivity contribution in [1.29, 1.82) is 0 Å². The fourth-order valence-corrected chi connectivity index (χ4v) is 2.09. The lowest BCUT2D eigenvalue weighted by atomic mass is 10.1. The molecule has 8 nitrogen and oxygen atoms in total. The van der Waals surface area contributed by atoms with E-state index in [2.05, 4.69) is 32.3 Å². The highest BCUT2D eigenvalue weighted by Crippen LogP contribution is 2.28. The maximum Gasteiger partial charge on any atom is 0.300 e. The van der Waals surface area contributed by atoms with E-state index >= 15 is 0 Å². The molecule has 0 unspecified atom stereocenters. The van der Waals surface area contributed by atoms with Crippen molar-refractivity contribution in [3.8, 4) is 11.3 Å². The molecule has 0 aliphatic heterocycles. The molecule has 3 rings (SSSR count). The van der Waals surface area contributed by atoms with Crippen molar-refractivity contribution in [2.75, 3.05) is 12.3 Å². The number of nitrogens with zero attached hydrogens (tertiary/aromatic N) is 3. The van der Waals surface area contributed by atoms with Crippen LogP contribution in [-0.2, 0) is 11.2 Å². The zero-order chi connectivity index (χ0) is 16.8. The Morgan fingerprint density at radius 1 is 1.26 bits per heavy atom. The van der Waals surface area contributed by atoms with E-state index < -0.39 is 5.97 Å². The van der Waals surface area contributed by atoms with Gasteiger partial charge in [0.2, 0.25) is 0 Å². The molecule has 0 bridgehead atoms. The van der Waals surface area contributed by atoms with Crippen LogP contribution < -0.4 is 11.5 Å². The Kier molecular flexibility index (Phi) is 5.21. The number of nitrogens with one attached hydrogen (secondary N) is 1. The van der Waals surface area contributed by atoms with Crippen molar-refractivity contribution in [2.24, 2.45) is 5.73 Å². The molecule has 1 aromatic carbocycles. The molecule has 0 aliphatic rings. The van der Waals surface area contributed by atoms with Gasteiger partial charge < -0.3 is 16.6 Å². The van der Waals surface area contributed by atoms with E-state index in [1.54, 1.807) is 0 Å². The number of nitrogens with two attached hydrogens (primary N) is 2. The van der Waals surface area contributed by atoms with E-state index in [1.807, 2.05) is 12.1 Å². The molecule has 2 aromatic heterocycles. The maximum absolute atomic E-state index is 9.00. The van der Waals surface area contributed by atoms with Crippen LogP contribution in [0.1, 0.15) is 12.5 Å². The Morgan fingerprint density at radius 2 is 1.91 bits per heavy atom. The zero-order valence-electron chi connectivity index (χ0n) is 12.7. The van der Waals surface area contributed by atoms with Gasteiger partial charge in [0.15, 0.2) is 5.65 Å². The molecule has 0 amide bonds. The molecular formula is C15H18N6O2. The van der Waals surface area contributed by atoms with Crippen LogP contribution in [-0.4, -0.2) is 37.8 Å². The first-order chi connectivity index (χ1) is 11.0. The molecular weight excluding hydrogens is 296 g/mol. The van der Waals surface area contributed by atoms with Gasteiger partial charge in [-0.3, -0.25) is 9.89 Å². The highest BCUT2D eigenvalue weighted by Gasteiger charge is 2.12. The average molecular weight is 314 g/mol. The molecule has 120 valence electrons. The largest absolute Gasteiger partial charge is 0.481 e. The van der Waals surface area contributed by atoms with Gasteiger partial charge in [0.05, 0.1) is 11.1 Å². The van der Waals surface area contributed by atoms with Crippen LogP contribution in [0.5, 0.6) is 0 Å². The van der Waals surface area contributed by atoms with E-state index in [0.29, 0.717) is 18.0 Å². The average Bonchev–Trinajstić information content (AvgIpc) is 2.93. The number of nitrogen functional groups attached to an aromatic ring is 1. The smallest absolute Gasteiger partial charge is 0.300 e. The van der Waals surface area contributed by atoms with Crippen molar-refractivity contribution < 1.29 is 9.90 Å². The number of carbonyl (C=O) groups is 1. The highest BCUT2D eigenvalue weighted by molar-refractivity contribution is 5.97. The number of aromatic amines is 1. The summed E-state index contributed by atoms with van der Waals surface area (Å²) >= 11 is 0. The molecule has 23 heavy (non-hydrogen) atoms. The second-order valence-electron chi connectivity index (χ2n) is 4.81. The SMILES string of the molecule is CC(=O)O.NCCc1ccc(-c2[nH]nc3ncnc(N)c23)cc1. The Hall–Kier alpha value is -3.00. The number of rotatable bonds is 3. The summed E-state index contributed by atoms with van der Waals surface area (Å²) < 4.78 is 0. The molecule has 3 aromatic rings. The van der Waals surface area contributed by atoms with Crippen LogP contribution in [0.4, 0.5) is 5.82 Å². The first kappa shape index (κ1) is 16.4. The minimum atomic E-state index is -0.833. The standard InChI is InChI=1S/C13H14N6.C2H4O2/c14-6-5-8-1-3-9(4-2-8)11-10-12(15)16-7-17-13(10)19-18-11;1-2(3)4/h1-4,7H,5-6,14H2,(H3,15,16,17,18,19);1H3,(H,3,4). The van der Waals surface area contributed by atoms with Gasteiger partial charge in [-0.2, -0.15) is 5.10 Å². The second-order valence-corrected chi connectivity index (χ2v) is 4.81. The monoisotopic (exact) mass is 314 g/mol. The zero-order valence-corrected chi connectivity index (χ0v) is 12.7. The molecule has 0 saturated carbocycles. The van der Waals surface area contributed by atoms with Crippen molar-refractivity contribution >= 4 is 22.8 Å². The summed E-state index contributed by atoms with van der Waals surface area (Å²) in [7, 11) is 0. The van der Waals surface area contributed by atoms with E-state index in [1.165, 1.54) is 11.9 Å². The Labute approximate surface area is 132 Å². The summed E-state index contributed by atoms with van der Waals surface area (Å²) in [5, 5.41) is 15.3. The number of aromatic nitrogens is 4. The Balaban J connectivity index is 0.000000433. The first-order valence-corrected chi connectivity index (χ1v) is 6.96. The van der Waals surface area contributed by atoms with Gasteiger partial charge in [-0.05, 0) is 18.5 Å². The van der Waals surface area contributed by atoms with Crippen molar-refractivity contribution in [2.45, 2.75) is 13.3 Å². The van der Waals surface area contributed by atoms with Crippen LogP contribution >= 0.6 is 0 Å². The van der Waals surface area contributed by atoms with Crippen molar-refractivity contribution in [3.05, 3.63) is 36.2 Å². The first-order valence-electron chi connectivity index (χ1n) is 6.96. The normalized spacial score (nSPS) is 10.2. The van der Waals surface area contributed by atoms with Crippen molar-refractivity contribution in [3.63, 3.8) is 0 Å². The van der Waals surface area contributed by atoms with Gasteiger partial charge >= 0.3 is 0 Å². The predicted octanol–water partition coefficient (Wildman–Crippen LogP) is 1.19. The number of H-pyrrole nitrogens is 1. The molecule has 0 saturated heterocycles. The summed E-state index contributed by atoms with van der Waals surface area (Å²) in [4.78, 5) is 17.1. The molecule has 8 heteroatoms. The third kappa shape index (κ3) is 4.01. The van der Waals surface area contributed by atoms with E-state index in [0.717, 1.165) is 30.0 Å². The fraction of sp³-hybridized carbons (Fsp3) is 0.200. The minimum absolute atomic E-state index is 0.430. The summed E-state index contributed by atoms with van der Waals surface area (Å²) in [6.45, 7) is 1.73. The number of carboxylic acid groups (broad SMARTS) is 1. The van der Waals surface area contributed by atoms with Gasteiger partial charge in [0, 0.05) is 12.5 Å². The molecule has 0 aliphatic carbocycles. The molecule has 0 radical (unpaired) electrons. The number of aliphatic carboxylic acids is 1. The second kappa shape index (κ2) is 7.32. The Morgan fingerprint density at radius 3 is 2.52 bits per heavy atom. The van der Waals surface area contributed by atoms with Gasteiger partial charge in [-0.15, -0.1) is 0 Å². The molecule has 0 spiro atoms. The van der Waals surface area contributed by atoms with Gasteiger partial charge in [0.25, 0.3) is 5.97 Å². The lowest BCUT2D eigenvalue weighted by Gasteiger charge is -2.02. The van der Waals surface area contributed by atoms with Gasteiger partial charge in [-0.25, -0.2) is 9.97 Å². The summed E-state index contributed by atoms with van der Waals surface area (Å²) in [6.07, 6.45) is 2.28. The minimum Gasteiger partial charge on any atom is -0.481 e. The Bertz CT molecular complexity index is 793. The van der Waals surface area contributed by atoms with Crippen LogP contribution in [0.25, 0.3) is 22.3 Å². The number of fused-ring (bicyclic) bond motifs is 1. The number of carboxylic acids is 1. The maximum atomic E-state index is 9.00.